The van der Waals surface area contributed by atoms with E-state index in [1.54, 1.807) is 0 Å². The van der Waals surface area contributed by atoms with Gasteiger partial charge in [0.25, 0.3) is 0 Å². The van der Waals surface area contributed by atoms with Crippen LogP contribution in [-0.4, -0.2) is 42.4 Å². The highest BCUT2D eigenvalue weighted by Gasteiger charge is 2.25. The molecule has 1 heterocycles. The van der Waals surface area contributed by atoms with Crippen LogP contribution in [0.4, 0.5) is 0 Å². The molecule has 0 amide bonds. The topological polar surface area (TPSA) is 29.5 Å². The molecule has 0 aromatic heterocycles. The molecule has 2 aliphatic rings. The molecule has 0 aromatic carbocycles. The van der Waals surface area contributed by atoms with E-state index in [0.717, 1.165) is 38.9 Å². The summed E-state index contributed by atoms with van der Waals surface area (Å²) in [6, 6.07) is 0. The number of likely N-dealkylation sites (tertiary alicyclic amines) is 1. The largest absolute Gasteiger partial charge is 0.469 e. The number of carbonyl (C=O) groups excluding carboxylic acids is 1. The number of alkyl halides is 1. The summed E-state index contributed by atoms with van der Waals surface area (Å²) < 4.78 is 4.80. The van der Waals surface area contributed by atoms with Crippen LogP contribution in [0.15, 0.2) is 23.8 Å². The van der Waals surface area contributed by atoms with Crippen molar-refractivity contribution in [3.8, 4) is 0 Å². The Balaban J connectivity index is 1.77. The maximum Gasteiger partial charge on any atom is 0.308 e. The van der Waals surface area contributed by atoms with E-state index in [9.17, 15) is 4.79 Å². The minimum Gasteiger partial charge on any atom is -0.469 e. The molecular weight excluding hydrogens is 294 g/mol. The highest BCUT2D eigenvalue weighted by atomic mass is 79.9. The number of halogens is 1. The van der Waals surface area contributed by atoms with Gasteiger partial charge >= 0.3 is 5.97 Å². The number of hydrogen-bond acceptors (Lipinski definition) is 3. The number of carbonyl (C=O) groups is 1. The Labute approximate surface area is 117 Å². The standard InChI is InChI=1S/C14H20BrNO2/c1-18-14(17)12-6-8-16(9-7-12)10-11-2-4-13(15)5-3-11/h2-4,12-13H,5-10H2,1H3. The number of methoxy groups -OCH3 is 1. The highest BCUT2D eigenvalue weighted by molar-refractivity contribution is 9.09. The Hall–Kier alpha value is -0.610. The first-order valence-corrected chi connectivity index (χ1v) is 7.42. The Morgan fingerprint density at radius 2 is 2.22 bits per heavy atom. The van der Waals surface area contributed by atoms with Gasteiger partial charge in [-0.1, -0.05) is 34.2 Å². The van der Waals surface area contributed by atoms with Crippen molar-refractivity contribution in [2.75, 3.05) is 26.7 Å². The summed E-state index contributed by atoms with van der Waals surface area (Å²) in [5.74, 6) is 0.0580. The number of nitrogens with zero attached hydrogens (tertiary/aromatic N) is 1. The van der Waals surface area contributed by atoms with Gasteiger partial charge in [-0.15, -0.1) is 0 Å². The van der Waals surface area contributed by atoms with Crippen molar-refractivity contribution in [1.82, 2.24) is 4.90 Å². The van der Waals surface area contributed by atoms with Crippen molar-refractivity contribution in [2.45, 2.75) is 24.1 Å². The van der Waals surface area contributed by atoms with Crippen molar-refractivity contribution in [3.63, 3.8) is 0 Å². The zero-order valence-electron chi connectivity index (χ0n) is 10.8. The third-order valence-corrected chi connectivity index (χ3v) is 4.33. The minimum absolute atomic E-state index is 0.0476. The average Bonchev–Trinajstić information content (AvgIpc) is 2.41. The molecule has 0 aromatic rings. The summed E-state index contributed by atoms with van der Waals surface area (Å²) in [5, 5.41) is 0. The van der Waals surface area contributed by atoms with E-state index >= 15 is 0 Å². The summed E-state index contributed by atoms with van der Waals surface area (Å²) >= 11 is 3.58. The van der Waals surface area contributed by atoms with E-state index in [2.05, 4.69) is 39.1 Å². The molecule has 1 unspecified atom stereocenters. The van der Waals surface area contributed by atoms with Crippen LogP contribution in [0.3, 0.4) is 0 Å². The lowest BCUT2D eigenvalue weighted by atomic mass is 9.96. The molecule has 0 bridgehead atoms. The lowest BCUT2D eigenvalue weighted by Gasteiger charge is -2.31. The SMILES string of the molecule is COC(=O)C1CCN(CC2=CCC(Br)C=C2)CC1. The smallest absolute Gasteiger partial charge is 0.308 e. The van der Waals surface area contributed by atoms with E-state index < -0.39 is 0 Å². The predicted molar refractivity (Wildman–Crippen MR) is 75.7 cm³/mol. The van der Waals surface area contributed by atoms with Crippen molar-refractivity contribution in [2.24, 2.45) is 5.92 Å². The van der Waals surface area contributed by atoms with Crippen LogP contribution in [0.2, 0.25) is 0 Å². The summed E-state index contributed by atoms with van der Waals surface area (Å²) in [6.07, 6.45) is 9.62. The molecule has 0 saturated carbocycles. The van der Waals surface area contributed by atoms with Crippen LogP contribution in [0, 0.1) is 5.92 Å². The summed E-state index contributed by atoms with van der Waals surface area (Å²) in [5.41, 5.74) is 1.39. The molecular formula is C14H20BrNO2. The third kappa shape index (κ3) is 3.69. The molecule has 1 saturated heterocycles. The first-order valence-electron chi connectivity index (χ1n) is 6.50. The normalized spacial score (nSPS) is 25.9. The van der Waals surface area contributed by atoms with Crippen LogP contribution in [0.5, 0.6) is 0 Å². The number of rotatable bonds is 3. The quantitative estimate of drug-likeness (QED) is 0.592. The molecule has 0 radical (unpaired) electrons. The molecule has 1 fully saturated rings. The molecule has 1 aliphatic heterocycles. The summed E-state index contributed by atoms with van der Waals surface area (Å²) in [6.45, 7) is 2.98. The molecule has 1 aliphatic carbocycles. The first kappa shape index (κ1) is 13.8. The highest BCUT2D eigenvalue weighted by Crippen LogP contribution is 2.21. The number of ether oxygens (including phenoxy) is 1. The van der Waals surface area contributed by atoms with E-state index in [4.69, 9.17) is 4.74 Å². The molecule has 0 N–H and O–H groups in total. The fourth-order valence-electron chi connectivity index (χ4n) is 2.51. The van der Waals surface area contributed by atoms with Crippen LogP contribution >= 0.6 is 15.9 Å². The fourth-order valence-corrected chi connectivity index (χ4v) is 2.85. The maximum atomic E-state index is 11.4. The van der Waals surface area contributed by atoms with Gasteiger partial charge in [0.05, 0.1) is 13.0 Å². The average molecular weight is 314 g/mol. The lowest BCUT2D eigenvalue weighted by Crippen LogP contribution is -2.37. The number of allylic oxidation sites excluding steroid dienone is 2. The van der Waals surface area contributed by atoms with Gasteiger partial charge in [-0.2, -0.15) is 0 Å². The molecule has 0 spiro atoms. The Kier molecular flexibility index (Phi) is 5.01. The molecule has 4 heteroatoms. The zero-order chi connectivity index (χ0) is 13.0. The van der Waals surface area contributed by atoms with Crippen molar-refractivity contribution in [3.05, 3.63) is 23.8 Å². The van der Waals surface area contributed by atoms with E-state index in [0.29, 0.717) is 4.83 Å². The summed E-state index contributed by atoms with van der Waals surface area (Å²) in [4.78, 5) is 14.3. The molecule has 18 heavy (non-hydrogen) atoms. The second-order valence-corrected chi connectivity index (χ2v) is 6.14. The van der Waals surface area contributed by atoms with Crippen LogP contribution in [-0.2, 0) is 9.53 Å². The maximum absolute atomic E-state index is 11.4. The van der Waals surface area contributed by atoms with Gasteiger partial charge in [0.15, 0.2) is 0 Å². The second-order valence-electron chi connectivity index (χ2n) is 4.96. The molecule has 3 nitrogen and oxygen atoms in total. The van der Waals surface area contributed by atoms with Gasteiger partial charge in [-0.3, -0.25) is 9.69 Å². The van der Waals surface area contributed by atoms with Gasteiger partial charge in [0.1, 0.15) is 0 Å². The minimum atomic E-state index is -0.0476. The fraction of sp³-hybridized carbons (Fsp3) is 0.643. The molecule has 1 atom stereocenters. The monoisotopic (exact) mass is 313 g/mol. The summed E-state index contributed by atoms with van der Waals surface area (Å²) in [7, 11) is 1.48. The van der Waals surface area contributed by atoms with Gasteiger partial charge < -0.3 is 4.74 Å². The Bertz CT molecular complexity index is 357. The van der Waals surface area contributed by atoms with Gasteiger partial charge in [0, 0.05) is 11.4 Å². The van der Waals surface area contributed by atoms with Crippen LogP contribution in [0.25, 0.3) is 0 Å². The molecule has 2 rings (SSSR count). The van der Waals surface area contributed by atoms with Crippen molar-refractivity contribution in [1.29, 1.82) is 0 Å². The number of piperidine rings is 1. The Morgan fingerprint density at radius 3 is 2.78 bits per heavy atom. The third-order valence-electron chi connectivity index (χ3n) is 3.65. The number of hydrogen-bond donors (Lipinski definition) is 0. The lowest BCUT2D eigenvalue weighted by molar-refractivity contribution is -0.147. The van der Waals surface area contributed by atoms with E-state index in [-0.39, 0.29) is 11.9 Å². The predicted octanol–water partition coefficient (Wildman–Crippen LogP) is 2.52. The van der Waals surface area contributed by atoms with Gasteiger partial charge in [-0.05, 0) is 37.9 Å². The second kappa shape index (κ2) is 6.53. The zero-order valence-corrected chi connectivity index (χ0v) is 12.4. The van der Waals surface area contributed by atoms with Crippen molar-refractivity contribution < 1.29 is 9.53 Å². The van der Waals surface area contributed by atoms with Gasteiger partial charge in [0.2, 0.25) is 0 Å². The van der Waals surface area contributed by atoms with Crippen LogP contribution in [0.1, 0.15) is 19.3 Å². The molecule has 100 valence electrons. The van der Waals surface area contributed by atoms with E-state index in [1.165, 1.54) is 12.7 Å². The van der Waals surface area contributed by atoms with Gasteiger partial charge in [-0.25, -0.2) is 0 Å². The Morgan fingerprint density at radius 1 is 1.50 bits per heavy atom. The first-order chi connectivity index (χ1) is 8.69. The van der Waals surface area contributed by atoms with Crippen molar-refractivity contribution >= 4 is 21.9 Å². The van der Waals surface area contributed by atoms with Crippen LogP contribution < -0.4 is 0 Å². The number of esters is 1. The van der Waals surface area contributed by atoms with E-state index in [1.807, 2.05) is 0 Å².